The number of cyclic esters (lactones) is 1. The van der Waals surface area contributed by atoms with Gasteiger partial charge in [0.2, 0.25) is 0 Å². The number of ketones is 1. The number of fused-ring (bicyclic) bond motifs is 3. The summed E-state index contributed by atoms with van der Waals surface area (Å²) in [5.41, 5.74) is 0.344. The molecule has 0 amide bonds. The van der Waals surface area contributed by atoms with Gasteiger partial charge < -0.3 is 29.5 Å². The Morgan fingerprint density at radius 2 is 1.96 bits per heavy atom. The van der Waals surface area contributed by atoms with Crippen LogP contribution >= 0.6 is 0 Å². The van der Waals surface area contributed by atoms with Crippen LogP contribution < -0.4 is 4.74 Å². The van der Waals surface area contributed by atoms with Crippen molar-refractivity contribution in [1.29, 1.82) is 0 Å². The largest absolute Gasteiger partial charge is 0.507 e. The van der Waals surface area contributed by atoms with Crippen LogP contribution in [0.3, 0.4) is 0 Å². The molecule has 0 aliphatic carbocycles. The second-order valence-electron chi connectivity index (χ2n) is 6.71. The number of epoxide rings is 1. The summed E-state index contributed by atoms with van der Waals surface area (Å²) in [4.78, 5) is 24.5. The number of aromatic hydroxyl groups is 1. The Morgan fingerprint density at radius 1 is 1.22 bits per heavy atom. The lowest BCUT2D eigenvalue weighted by molar-refractivity contribution is -0.128. The van der Waals surface area contributed by atoms with E-state index < -0.39 is 42.3 Å². The third kappa shape index (κ3) is 4.13. The lowest BCUT2D eigenvalue weighted by atomic mass is 9.97. The van der Waals surface area contributed by atoms with Crippen molar-refractivity contribution in [3.05, 3.63) is 35.4 Å². The Balaban J connectivity index is 1.98. The average Bonchev–Trinajstić information content (AvgIpc) is 3.38. The maximum absolute atomic E-state index is 12.6. The molecule has 0 aromatic heterocycles. The van der Waals surface area contributed by atoms with Gasteiger partial charge in [-0.05, 0) is 19.1 Å². The van der Waals surface area contributed by atoms with Crippen molar-refractivity contribution in [3.63, 3.8) is 0 Å². The molecule has 0 radical (unpaired) electrons. The number of hydrogen-bond acceptors (Lipinski definition) is 8. The van der Waals surface area contributed by atoms with Crippen molar-refractivity contribution in [2.45, 2.75) is 50.3 Å². The van der Waals surface area contributed by atoms with Crippen molar-refractivity contribution >= 4 is 11.8 Å². The van der Waals surface area contributed by atoms with Gasteiger partial charge in [-0.1, -0.05) is 6.08 Å². The molecule has 3 N–H and O–H groups in total. The number of phenols is 1. The smallest absolute Gasteiger partial charge is 0.342 e. The van der Waals surface area contributed by atoms with E-state index in [1.807, 2.05) is 0 Å². The van der Waals surface area contributed by atoms with Gasteiger partial charge in [-0.15, -0.1) is 0 Å². The standard InChI is InChI=1S/C19H22O8/c1-9-4-3-5-12(20)17(23)14(22)8-15-18(27-15)11-6-10(25-2)7-13(21)16(11)19(24)26-9/h3,5-7,9,14-15,17-18,21-23H,4,8H2,1-2H3/b5-3-/t9-,14+,15-,17+,18+/m0/s1. The highest BCUT2D eigenvalue weighted by molar-refractivity contribution is 5.95. The van der Waals surface area contributed by atoms with E-state index in [-0.39, 0.29) is 24.2 Å². The number of benzene rings is 1. The molecule has 0 spiro atoms. The minimum atomic E-state index is -1.56. The lowest BCUT2D eigenvalue weighted by Gasteiger charge is -2.17. The number of rotatable bonds is 1. The van der Waals surface area contributed by atoms with Crippen molar-refractivity contribution in [2.24, 2.45) is 0 Å². The molecule has 1 fully saturated rings. The highest BCUT2D eigenvalue weighted by atomic mass is 16.6. The molecular formula is C19H22O8. The molecule has 0 bridgehead atoms. The first-order valence-electron chi connectivity index (χ1n) is 8.65. The monoisotopic (exact) mass is 378 g/mol. The minimum Gasteiger partial charge on any atom is -0.507 e. The summed E-state index contributed by atoms with van der Waals surface area (Å²) in [7, 11) is 1.42. The highest BCUT2D eigenvalue weighted by Crippen LogP contribution is 2.46. The molecule has 146 valence electrons. The molecule has 1 aromatic carbocycles. The summed E-state index contributed by atoms with van der Waals surface area (Å²) < 4.78 is 16.0. The van der Waals surface area contributed by atoms with Gasteiger partial charge in [-0.3, -0.25) is 4.79 Å². The molecule has 0 unspecified atom stereocenters. The van der Waals surface area contributed by atoms with Crippen molar-refractivity contribution in [3.8, 4) is 11.5 Å². The molecule has 5 atom stereocenters. The molecule has 3 rings (SSSR count). The zero-order valence-electron chi connectivity index (χ0n) is 15.0. The van der Waals surface area contributed by atoms with Gasteiger partial charge >= 0.3 is 5.97 Å². The number of ether oxygens (including phenoxy) is 3. The summed E-state index contributed by atoms with van der Waals surface area (Å²) in [5, 5.41) is 30.4. The van der Waals surface area contributed by atoms with E-state index >= 15 is 0 Å². The normalized spacial score (nSPS) is 32.5. The Hall–Kier alpha value is -2.42. The van der Waals surface area contributed by atoms with Crippen LogP contribution in [0.25, 0.3) is 0 Å². The second kappa shape index (κ2) is 7.67. The Labute approximate surface area is 156 Å². The summed E-state index contributed by atoms with van der Waals surface area (Å²) in [6.45, 7) is 1.64. The Kier molecular flexibility index (Phi) is 5.50. The van der Waals surface area contributed by atoms with Crippen LogP contribution in [0.1, 0.15) is 41.8 Å². The number of aliphatic hydroxyl groups is 2. The van der Waals surface area contributed by atoms with E-state index in [1.54, 1.807) is 13.0 Å². The number of phenolic OH excluding ortho intramolecular Hbond substituents is 1. The molecule has 27 heavy (non-hydrogen) atoms. The van der Waals surface area contributed by atoms with Gasteiger partial charge in [-0.25, -0.2) is 4.79 Å². The molecule has 0 saturated carbocycles. The summed E-state index contributed by atoms with van der Waals surface area (Å²) in [6.07, 6.45) is -1.72. The van der Waals surface area contributed by atoms with Crippen LogP contribution in [0.5, 0.6) is 11.5 Å². The number of hydrogen-bond donors (Lipinski definition) is 3. The van der Waals surface area contributed by atoms with Crippen LogP contribution in [0, 0.1) is 0 Å². The molecule has 8 heteroatoms. The molecular weight excluding hydrogens is 356 g/mol. The molecule has 8 nitrogen and oxygen atoms in total. The van der Waals surface area contributed by atoms with Crippen molar-refractivity contribution in [1.82, 2.24) is 0 Å². The average molecular weight is 378 g/mol. The van der Waals surface area contributed by atoms with Gasteiger partial charge in [0, 0.05) is 24.5 Å². The molecule has 1 aromatic rings. The zero-order chi connectivity index (χ0) is 19.7. The van der Waals surface area contributed by atoms with E-state index in [0.717, 1.165) is 6.08 Å². The lowest BCUT2D eigenvalue weighted by Crippen LogP contribution is -2.34. The van der Waals surface area contributed by atoms with Gasteiger partial charge in [0.15, 0.2) is 5.78 Å². The molecule has 2 aliphatic rings. The highest BCUT2D eigenvalue weighted by Gasteiger charge is 2.46. The van der Waals surface area contributed by atoms with E-state index in [0.29, 0.717) is 11.3 Å². The molecule has 2 aliphatic heterocycles. The predicted molar refractivity (Wildman–Crippen MR) is 92.5 cm³/mol. The number of esters is 1. The van der Waals surface area contributed by atoms with Crippen LogP contribution in [0.15, 0.2) is 24.3 Å². The first-order valence-corrected chi connectivity index (χ1v) is 8.65. The summed E-state index contributed by atoms with van der Waals surface area (Å²) >= 11 is 0. The van der Waals surface area contributed by atoms with Gasteiger partial charge in [0.1, 0.15) is 35.4 Å². The number of aliphatic hydroxyl groups excluding tert-OH is 2. The molecule has 2 heterocycles. The quantitative estimate of drug-likeness (QED) is 0.489. The fourth-order valence-electron chi connectivity index (χ4n) is 3.10. The van der Waals surface area contributed by atoms with Crippen LogP contribution in [0.4, 0.5) is 0 Å². The minimum absolute atomic E-state index is 0.00568. The fraction of sp³-hybridized carbons (Fsp3) is 0.474. The third-order valence-electron chi connectivity index (χ3n) is 4.64. The maximum atomic E-state index is 12.6. The number of carbonyl (C=O) groups excluding carboxylic acids is 2. The van der Waals surface area contributed by atoms with E-state index in [9.17, 15) is 24.9 Å². The Morgan fingerprint density at radius 3 is 2.67 bits per heavy atom. The zero-order valence-corrected chi connectivity index (χ0v) is 15.0. The van der Waals surface area contributed by atoms with E-state index in [1.165, 1.54) is 19.3 Å². The van der Waals surface area contributed by atoms with Gasteiger partial charge in [0.25, 0.3) is 0 Å². The molecule has 1 saturated heterocycles. The van der Waals surface area contributed by atoms with E-state index in [2.05, 4.69) is 0 Å². The Bertz CT molecular complexity index is 771. The van der Waals surface area contributed by atoms with Crippen LogP contribution in [-0.4, -0.2) is 58.6 Å². The third-order valence-corrected chi connectivity index (χ3v) is 4.64. The van der Waals surface area contributed by atoms with Crippen LogP contribution in [-0.2, 0) is 14.3 Å². The van der Waals surface area contributed by atoms with Gasteiger partial charge in [-0.2, -0.15) is 0 Å². The summed E-state index contributed by atoms with van der Waals surface area (Å²) in [6, 6.07) is 2.87. The first-order chi connectivity index (χ1) is 12.8. The van der Waals surface area contributed by atoms with E-state index in [4.69, 9.17) is 14.2 Å². The fourth-order valence-corrected chi connectivity index (χ4v) is 3.10. The predicted octanol–water partition coefficient (Wildman–Crippen LogP) is 1.03. The van der Waals surface area contributed by atoms with Crippen molar-refractivity contribution < 1.29 is 39.1 Å². The summed E-state index contributed by atoms with van der Waals surface area (Å²) in [5.74, 6) is -1.31. The number of methoxy groups -OCH3 is 1. The maximum Gasteiger partial charge on any atom is 0.342 e. The van der Waals surface area contributed by atoms with Crippen molar-refractivity contribution in [2.75, 3.05) is 7.11 Å². The topological polar surface area (TPSA) is 126 Å². The first kappa shape index (κ1) is 19.3. The second-order valence-corrected chi connectivity index (χ2v) is 6.71. The SMILES string of the molecule is COc1cc(O)c2c(c1)[C@H]1O[C@H]1C[C@@H](O)[C@H](O)C(=O)/C=C\C[C@H](C)OC2=O. The number of carbonyl (C=O) groups is 2. The van der Waals surface area contributed by atoms with Crippen LogP contribution in [0.2, 0.25) is 0 Å². The van der Waals surface area contributed by atoms with Gasteiger partial charge in [0.05, 0.1) is 19.3 Å².